The average molecular weight is 221 g/mol. The van der Waals surface area contributed by atoms with Crippen LogP contribution in [0, 0.1) is 5.92 Å². The zero-order chi connectivity index (χ0) is 11.2. The first-order valence-corrected chi connectivity index (χ1v) is 7.01. The molecule has 0 rings (SSSR count). The number of sulfone groups is 1. The second kappa shape index (κ2) is 6.40. The van der Waals surface area contributed by atoms with Gasteiger partial charge < -0.3 is 5.32 Å². The Hall–Kier alpha value is -0.0900. The molecule has 3 nitrogen and oxygen atoms in total. The fourth-order valence-corrected chi connectivity index (χ4v) is 2.44. The third kappa shape index (κ3) is 4.96. The van der Waals surface area contributed by atoms with Crippen molar-refractivity contribution in [3.8, 4) is 0 Å². The largest absolute Gasteiger partial charge is 0.319 e. The maximum atomic E-state index is 11.5. The van der Waals surface area contributed by atoms with Gasteiger partial charge in [0, 0.05) is 0 Å². The zero-order valence-electron chi connectivity index (χ0n) is 9.71. The van der Waals surface area contributed by atoms with Crippen molar-refractivity contribution in [2.24, 2.45) is 5.92 Å². The van der Waals surface area contributed by atoms with Crippen molar-refractivity contribution in [3.05, 3.63) is 0 Å². The van der Waals surface area contributed by atoms with Crippen LogP contribution >= 0.6 is 0 Å². The summed E-state index contributed by atoms with van der Waals surface area (Å²) in [6.45, 7) is 6.50. The smallest absolute Gasteiger partial charge is 0.152 e. The van der Waals surface area contributed by atoms with E-state index in [2.05, 4.69) is 12.2 Å². The van der Waals surface area contributed by atoms with Gasteiger partial charge in [-0.15, -0.1) is 0 Å². The van der Waals surface area contributed by atoms with Crippen LogP contribution in [0.4, 0.5) is 0 Å². The highest BCUT2D eigenvalue weighted by Gasteiger charge is 2.17. The minimum Gasteiger partial charge on any atom is -0.319 e. The normalized spacial score (nSPS) is 14.6. The van der Waals surface area contributed by atoms with Gasteiger partial charge in [-0.05, 0) is 39.8 Å². The molecule has 0 spiro atoms. The first-order valence-electron chi connectivity index (χ1n) is 5.30. The molecule has 0 aromatic rings. The van der Waals surface area contributed by atoms with Crippen LogP contribution in [-0.4, -0.2) is 33.0 Å². The van der Waals surface area contributed by atoms with Gasteiger partial charge in [0.15, 0.2) is 9.84 Å². The van der Waals surface area contributed by atoms with E-state index < -0.39 is 9.84 Å². The topological polar surface area (TPSA) is 46.2 Å². The van der Waals surface area contributed by atoms with E-state index in [-0.39, 0.29) is 5.25 Å². The van der Waals surface area contributed by atoms with Gasteiger partial charge in [-0.25, -0.2) is 8.42 Å². The fourth-order valence-electron chi connectivity index (χ4n) is 1.31. The summed E-state index contributed by atoms with van der Waals surface area (Å²) in [5, 5.41) is 2.85. The third-order valence-corrected chi connectivity index (χ3v) is 4.84. The molecule has 0 saturated heterocycles. The molecule has 0 aliphatic rings. The Morgan fingerprint density at radius 1 is 1.29 bits per heavy atom. The van der Waals surface area contributed by atoms with Crippen molar-refractivity contribution >= 4 is 9.84 Å². The van der Waals surface area contributed by atoms with Crippen molar-refractivity contribution in [2.75, 3.05) is 19.3 Å². The predicted molar refractivity (Wildman–Crippen MR) is 61.2 cm³/mol. The summed E-state index contributed by atoms with van der Waals surface area (Å²) >= 11 is 0. The average Bonchev–Trinajstić information content (AvgIpc) is 2.12. The molecule has 0 aliphatic heterocycles. The first-order chi connectivity index (χ1) is 6.44. The van der Waals surface area contributed by atoms with Crippen LogP contribution in [0.15, 0.2) is 0 Å². The van der Waals surface area contributed by atoms with Crippen LogP contribution in [0.5, 0.6) is 0 Å². The Bertz CT molecular complexity index is 235. The Balaban J connectivity index is 4.03. The molecule has 0 aliphatic carbocycles. The van der Waals surface area contributed by atoms with Crippen molar-refractivity contribution in [2.45, 2.75) is 38.9 Å². The third-order valence-electron chi connectivity index (χ3n) is 2.60. The Morgan fingerprint density at radius 3 is 2.21 bits per heavy atom. The van der Waals surface area contributed by atoms with E-state index in [1.54, 1.807) is 13.8 Å². The highest BCUT2D eigenvalue weighted by atomic mass is 32.2. The summed E-state index contributed by atoms with van der Waals surface area (Å²) in [4.78, 5) is 0. The molecule has 1 atom stereocenters. The summed E-state index contributed by atoms with van der Waals surface area (Å²) in [6.07, 6.45) is 1.81. The Kier molecular flexibility index (Phi) is 6.36. The van der Waals surface area contributed by atoms with E-state index in [1.807, 2.05) is 7.05 Å². The molecule has 0 fully saturated rings. The van der Waals surface area contributed by atoms with Gasteiger partial charge in [0.2, 0.25) is 0 Å². The summed E-state index contributed by atoms with van der Waals surface area (Å²) in [5.74, 6) is 0.804. The molecule has 0 amide bonds. The van der Waals surface area contributed by atoms with Crippen molar-refractivity contribution in [1.29, 1.82) is 0 Å². The second-order valence-electron chi connectivity index (χ2n) is 4.04. The van der Waals surface area contributed by atoms with Crippen molar-refractivity contribution in [1.82, 2.24) is 5.32 Å². The zero-order valence-corrected chi connectivity index (χ0v) is 10.5. The second-order valence-corrected chi connectivity index (χ2v) is 6.71. The van der Waals surface area contributed by atoms with Gasteiger partial charge in [-0.3, -0.25) is 0 Å². The molecule has 1 N–H and O–H groups in total. The summed E-state index contributed by atoms with van der Waals surface area (Å²) in [5.41, 5.74) is 0. The number of rotatable bonds is 7. The Morgan fingerprint density at radius 2 is 1.86 bits per heavy atom. The molecule has 0 radical (unpaired) electrons. The summed E-state index contributed by atoms with van der Waals surface area (Å²) < 4.78 is 23.1. The molecular formula is C10H23NO2S. The van der Waals surface area contributed by atoms with Crippen LogP contribution in [0.1, 0.15) is 33.6 Å². The van der Waals surface area contributed by atoms with Gasteiger partial charge in [0.05, 0.1) is 11.0 Å². The van der Waals surface area contributed by atoms with Gasteiger partial charge in [-0.1, -0.05) is 13.3 Å². The lowest BCUT2D eigenvalue weighted by Gasteiger charge is -2.15. The molecule has 14 heavy (non-hydrogen) atoms. The quantitative estimate of drug-likeness (QED) is 0.707. The molecule has 0 aromatic heterocycles. The van der Waals surface area contributed by atoms with Crippen molar-refractivity contribution in [3.63, 3.8) is 0 Å². The lowest BCUT2D eigenvalue weighted by molar-refractivity contribution is 0.466. The van der Waals surface area contributed by atoms with Crippen LogP contribution in [-0.2, 0) is 9.84 Å². The lowest BCUT2D eigenvalue weighted by Crippen LogP contribution is -2.24. The van der Waals surface area contributed by atoms with E-state index in [1.165, 1.54) is 0 Å². The van der Waals surface area contributed by atoms with E-state index >= 15 is 0 Å². The van der Waals surface area contributed by atoms with E-state index in [0.717, 1.165) is 19.4 Å². The number of nitrogens with one attached hydrogen (secondary N) is 1. The molecule has 4 heteroatoms. The molecular weight excluding hydrogens is 198 g/mol. The summed E-state index contributed by atoms with van der Waals surface area (Å²) in [6, 6.07) is 0. The van der Waals surface area contributed by atoms with Crippen molar-refractivity contribution < 1.29 is 8.42 Å². The first kappa shape index (κ1) is 13.9. The molecule has 0 saturated carbocycles. The number of hydrogen-bond donors (Lipinski definition) is 1. The molecule has 1 unspecified atom stereocenters. The van der Waals surface area contributed by atoms with Crippen LogP contribution < -0.4 is 5.32 Å². The lowest BCUT2D eigenvalue weighted by atomic mass is 10.0. The van der Waals surface area contributed by atoms with Crippen LogP contribution in [0.3, 0.4) is 0 Å². The minimum absolute atomic E-state index is 0.241. The predicted octanol–water partition coefficient (Wildman–Crippen LogP) is 1.45. The molecule has 0 aromatic carbocycles. The molecule has 0 bridgehead atoms. The summed E-state index contributed by atoms with van der Waals surface area (Å²) in [7, 11) is -0.947. The maximum Gasteiger partial charge on any atom is 0.152 e. The standard InChI is InChI=1S/C10H23NO2S/c1-5-10(8-11-4)6-7-14(12,13)9(2)3/h9-11H,5-8H2,1-4H3. The Labute approximate surface area is 88.2 Å². The highest BCUT2D eigenvalue weighted by Crippen LogP contribution is 2.11. The minimum atomic E-state index is -2.85. The van der Waals surface area contributed by atoms with E-state index in [0.29, 0.717) is 11.7 Å². The maximum absolute atomic E-state index is 11.5. The monoisotopic (exact) mass is 221 g/mol. The molecule has 0 heterocycles. The van der Waals surface area contributed by atoms with Crippen LogP contribution in [0.2, 0.25) is 0 Å². The van der Waals surface area contributed by atoms with Gasteiger partial charge >= 0.3 is 0 Å². The highest BCUT2D eigenvalue weighted by molar-refractivity contribution is 7.91. The van der Waals surface area contributed by atoms with E-state index in [9.17, 15) is 8.42 Å². The number of hydrogen-bond acceptors (Lipinski definition) is 3. The van der Waals surface area contributed by atoms with Gasteiger partial charge in [0.1, 0.15) is 0 Å². The van der Waals surface area contributed by atoms with E-state index in [4.69, 9.17) is 0 Å². The van der Waals surface area contributed by atoms with Gasteiger partial charge in [0.25, 0.3) is 0 Å². The SMILES string of the molecule is CCC(CCS(=O)(=O)C(C)C)CNC. The van der Waals surface area contributed by atoms with Crippen LogP contribution in [0.25, 0.3) is 0 Å². The van der Waals surface area contributed by atoms with Gasteiger partial charge in [-0.2, -0.15) is 0 Å². The fraction of sp³-hybridized carbons (Fsp3) is 1.00. The molecule has 86 valence electrons.